The molecule has 0 radical (unpaired) electrons. The van der Waals surface area contributed by atoms with Gasteiger partial charge in [0.1, 0.15) is 11.7 Å². The number of hydrogen-bond donors (Lipinski definition) is 6. The molecule has 2 aliphatic rings. The molecule has 1 saturated carbocycles. The third-order valence-corrected chi connectivity index (χ3v) is 9.04. The van der Waals surface area contributed by atoms with Gasteiger partial charge in [-0.2, -0.15) is 0 Å². The minimum Gasteiger partial charge on any atom is -0.383 e. The number of benzene rings is 1. The van der Waals surface area contributed by atoms with Crippen molar-refractivity contribution in [2.45, 2.75) is 50.3 Å². The molecule has 0 amide bonds. The molecule has 6 N–H and O–H groups in total. The predicted molar refractivity (Wildman–Crippen MR) is 97.4 cm³/mol. The van der Waals surface area contributed by atoms with Crippen LogP contribution in [-0.4, -0.2) is 65.8 Å². The van der Waals surface area contributed by atoms with Crippen LogP contribution >= 0.6 is 15.2 Å². The van der Waals surface area contributed by atoms with Gasteiger partial charge in [0, 0.05) is 5.41 Å². The van der Waals surface area contributed by atoms with Gasteiger partial charge in [0.15, 0.2) is 24.1 Å². The molecular weight excluding hydrogens is 430 g/mol. The fourth-order valence-electron chi connectivity index (χ4n) is 3.94. The van der Waals surface area contributed by atoms with E-state index < -0.39 is 56.4 Å². The summed E-state index contributed by atoms with van der Waals surface area (Å²) in [4.78, 5) is 27.4. The molecule has 1 aromatic carbocycles. The lowest BCUT2D eigenvalue weighted by atomic mass is 10.0. The molecule has 1 aromatic rings. The first kappa shape index (κ1) is 23.0. The third-order valence-electron chi connectivity index (χ3n) is 5.59. The molecule has 2 unspecified atom stereocenters. The molecule has 1 saturated heterocycles. The Morgan fingerprint density at radius 1 is 1.10 bits per heavy atom. The zero-order chi connectivity index (χ0) is 21.9. The molecule has 1 aliphatic heterocycles. The number of aliphatic hydroxyl groups excluding tert-OH is 1. The van der Waals surface area contributed by atoms with Crippen LogP contribution in [0.5, 0.6) is 0 Å². The predicted octanol–water partition coefficient (Wildman–Crippen LogP) is 0.0857. The minimum atomic E-state index is -4.93. The lowest BCUT2D eigenvalue weighted by molar-refractivity contribution is -0.246. The molecule has 164 valence electrons. The van der Waals surface area contributed by atoms with Gasteiger partial charge in [-0.25, -0.2) is 0 Å². The van der Waals surface area contributed by atoms with Crippen LogP contribution in [0.1, 0.15) is 19.4 Å². The van der Waals surface area contributed by atoms with E-state index in [1.54, 1.807) is 30.3 Å². The van der Waals surface area contributed by atoms with E-state index in [0.717, 1.165) is 5.56 Å². The Kier molecular flexibility index (Phi) is 5.70. The molecule has 0 bridgehead atoms. The van der Waals surface area contributed by atoms with Gasteiger partial charge in [-0.15, -0.1) is 0 Å². The summed E-state index contributed by atoms with van der Waals surface area (Å²) < 4.78 is 38.4. The van der Waals surface area contributed by atoms with Crippen LogP contribution in [0.2, 0.25) is 0 Å². The first-order chi connectivity index (χ1) is 13.2. The molecule has 3 rings (SSSR count). The lowest BCUT2D eigenvalue weighted by Gasteiger charge is -2.30. The topological polar surface area (TPSA) is 183 Å². The molecule has 1 aliphatic carbocycles. The molecule has 6 atom stereocenters. The van der Waals surface area contributed by atoms with Crippen LogP contribution < -0.4 is 0 Å². The van der Waals surface area contributed by atoms with Crippen LogP contribution in [0.3, 0.4) is 0 Å². The summed E-state index contributed by atoms with van der Waals surface area (Å²) in [6.45, 7) is 2.99. The summed E-state index contributed by atoms with van der Waals surface area (Å²) in [5.41, 5.74) is -4.53. The van der Waals surface area contributed by atoms with Crippen LogP contribution in [0.4, 0.5) is 0 Å². The Bertz CT molecular complexity index is 856. The first-order valence-electron chi connectivity index (χ1n) is 8.64. The van der Waals surface area contributed by atoms with Crippen molar-refractivity contribution in [3.05, 3.63) is 35.9 Å². The Balaban J connectivity index is 1.76. The maximum Gasteiger partial charge on any atom is 0.342 e. The highest BCUT2D eigenvalue weighted by Crippen LogP contribution is 2.73. The number of aliphatic hydroxyl groups is 3. The second-order valence-electron chi connectivity index (χ2n) is 7.78. The second kappa shape index (κ2) is 7.19. The maximum atomic E-state index is 11.9. The summed E-state index contributed by atoms with van der Waals surface area (Å²) in [5.74, 6) is -1.52. The number of ether oxygens (including phenoxy) is 2. The number of fused-ring (bicyclic) bond motifs is 1. The van der Waals surface area contributed by atoms with Crippen molar-refractivity contribution < 1.29 is 53.1 Å². The average molecular weight is 454 g/mol. The highest BCUT2D eigenvalue weighted by Gasteiger charge is 2.93. The Morgan fingerprint density at radius 2 is 1.69 bits per heavy atom. The van der Waals surface area contributed by atoms with Gasteiger partial charge in [0.2, 0.25) is 0 Å². The van der Waals surface area contributed by atoms with E-state index in [-0.39, 0.29) is 6.61 Å². The normalized spacial score (nSPS) is 36.3. The van der Waals surface area contributed by atoms with Crippen LogP contribution in [0.15, 0.2) is 30.3 Å². The molecule has 13 heteroatoms. The molecular formula is C16H24O11P2. The van der Waals surface area contributed by atoms with Crippen molar-refractivity contribution in [2.75, 3.05) is 5.90 Å². The van der Waals surface area contributed by atoms with Gasteiger partial charge >= 0.3 is 15.2 Å². The van der Waals surface area contributed by atoms with E-state index >= 15 is 0 Å². The van der Waals surface area contributed by atoms with E-state index in [1.807, 2.05) is 0 Å². The molecule has 2 fully saturated rings. The van der Waals surface area contributed by atoms with Crippen molar-refractivity contribution in [1.82, 2.24) is 0 Å². The van der Waals surface area contributed by atoms with Gasteiger partial charge in [0.05, 0.1) is 6.61 Å². The van der Waals surface area contributed by atoms with Crippen molar-refractivity contribution in [2.24, 2.45) is 5.41 Å². The highest BCUT2D eigenvalue weighted by molar-refractivity contribution is 7.70. The van der Waals surface area contributed by atoms with Crippen LogP contribution in [0.25, 0.3) is 0 Å². The fraction of sp³-hybridized carbons (Fsp3) is 0.625. The van der Waals surface area contributed by atoms with E-state index in [0.29, 0.717) is 0 Å². The monoisotopic (exact) mass is 454 g/mol. The largest absolute Gasteiger partial charge is 0.383 e. The molecule has 1 heterocycles. The lowest BCUT2D eigenvalue weighted by Crippen LogP contribution is -2.44. The molecule has 11 nitrogen and oxygen atoms in total. The Hall–Kier alpha value is -0.680. The summed E-state index contributed by atoms with van der Waals surface area (Å²) in [6.07, 6.45) is -5.37. The van der Waals surface area contributed by atoms with E-state index in [2.05, 4.69) is 4.52 Å². The second-order valence-corrected chi connectivity index (χ2v) is 11.7. The van der Waals surface area contributed by atoms with Crippen molar-refractivity contribution in [3.63, 3.8) is 0 Å². The average Bonchev–Trinajstić information content (AvgIpc) is 2.80. The zero-order valence-corrected chi connectivity index (χ0v) is 17.4. The van der Waals surface area contributed by atoms with Gasteiger partial charge in [-0.3, -0.25) is 13.7 Å². The van der Waals surface area contributed by atoms with E-state index in [9.17, 15) is 29.3 Å². The standard InChI is InChI=1S/C16H24O11P2/c1-14(2)15(18)11(12(17)27-29(23,24)9-28(20,21)22)26-13(16(14,15)19)25-8-10-6-4-3-5-7-10/h3-7,11-13,17-19H,8-9H2,1-2H3,(H,23,24)(H2,20,21,22)/t11-,12?,13-,15+,16-/m1/s1. The van der Waals surface area contributed by atoms with Gasteiger partial charge in [-0.1, -0.05) is 44.2 Å². The van der Waals surface area contributed by atoms with Gasteiger partial charge in [-0.05, 0) is 5.56 Å². The van der Waals surface area contributed by atoms with Crippen molar-refractivity contribution >= 4 is 15.2 Å². The first-order valence-corrected chi connectivity index (χ1v) is 12.2. The summed E-state index contributed by atoms with van der Waals surface area (Å²) in [7, 11) is -9.85. The van der Waals surface area contributed by atoms with Crippen LogP contribution in [0, 0.1) is 5.41 Å². The quantitative estimate of drug-likeness (QED) is 0.231. The van der Waals surface area contributed by atoms with E-state index in [1.165, 1.54) is 13.8 Å². The van der Waals surface area contributed by atoms with E-state index in [4.69, 9.17) is 19.3 Å². The molecule has 29 heavy (non-hydrogen) atoms. The summed E-state index contributed by atoms with van der Waals surface area (Å²) >= 11 is 0. The van der Waals surface area contributed by atoms with Crippen LogP contribution in [-0.2, 0) is 29.7 Å². The Morgan fingerprint density at radius 3 is 2.24 bits per heavy atom. The van der Waals surface area contributed by atoms with Gasteiger partial charge in [0.25, 0.3) is 0 Å². The van der Waals surface area contributed by atoms with Crippen molar-refractivity contribution in [3.8, 4) is 0 Å². The summed E-state index contributed by atoms with van der Waals surface area (Å²) in [5, 5.41) is 32.2. The SMILES string of the molecule is CC1(C)[C@]2(O)[C@H](OCc3ccccc3)O[C@H](C(O)OP(=O)(O)CP(=O)(O)O)[C@]12O. The third kappa shape index (κ3) is 3.75. The molecule has 0 spiro atoms. The zero-order valence-electron chi connectivity index (χ0n) is 15.7. The fourth-order valence-corrected chi connectivity index (χ4v) is 6.52. The minimum absolute atomic E-state index is 0.0142. The highest BCUT2D eigenvalue weighted by atomic mass is 31.2. The maximum absolute atomic E-state index is 11.9. The van der Waals surface area contributed by atoms with Crippen molar-refractivity contribution in [1.29, 1.82) is 0 Å². The molecule has 0 aromatic heterocycles. The number of rotatable bonds is 8. The Labute approximate surface area is 166 Å². The summed E-state index contributed by atoms with van der Waals surface area (Å²) in [6, 6.07) is 8.90. The smallest absolute Gasteiger partial charge is 0.342 e. The van der Waals surface area contributed by atoms with Gasteiger partial charge < -0.3 is 39.5 Å². The number of hydrogen-bond acceptors (Lipinski definition) is 8.